The summed E-state index contributed by atoms with van der Waals surface area (Å²) in [6.07, 6.45) is 5.17. The first-order valence-corrected chi connectivity index (χ1v) is 6.11. The first-order chi connectivity index (χ1) is 6.42. The van der Waals surface area contributed by atoms with Gasteiger partial charge in [-0.25, -0.2) is 15.0 Å². The van der Waals surface area contributed by atoms with E-state index in [9.17, 15) is 0 Å². The predicted octanol–water partition coefficient (Wildman–Crippen LogP) is 1.29. The highest BCUT2D eigenvalue weighted by Crippen LogP contribution is 2.20. The minimum atomic E-state index is -0.0258. The second-order valence-electron chi connectivity index (χ2n) is 2.42. The molecule has 2 aliphatic rings. The van der Waals surface area contributed by atoms with Crippen molar-refractivity contribution in [3.63, 3.8) is 0 Å². The Hall–Kier alpha value is -0.620. The molecule has 0 aromatic rings. The van der Waals surface area contributed by atoms with E-state index < -0.39 is 0 Å². The van der Waals surface area contributed by atoms with E-state index in [-0.39, 0.29) is 6.04 Å². The van der Waals surface area contributed by atoms with Crippen molar-refractivity contribution >= 4 is 47.1 Å². The fourth-order valence-electron chi connectivity index (χ4n) is 1.03. The smallest absolute Gasteiger partial charge is 0.163 e. The maximum Gasteiger partial charge on any atom is 0.163 e. The molecule has 2 rings (SSSR count). The molecule has 2 aliphatic heterocycles. The van der Waals surface area contributed by atoms with E-state index in [1.54, 1.807) is 36.2 Å². The normalized spacial score (nSPS) is 24.2. The van der Waals surface area contributed by atoms with Gasteiger partial charge in [-0.3, -0.25) is 4.99 Å². The van der Waals surface area contributed by atoms with Gasteiger partial charge in [0.25, 0.3) is 0 Å². The Kier molecular flexibility index (Phi) is 2.80. The second-order valence-corrected chi connectivity index (χ2v) is 4.64. The highest BCUT2D eigenvalue weighted by molar-refractivity contribution is 8.24. The van der Waals surface area contributed by atoms with Crippen LogP contribution in [0.1, 0.15) is 0 Å². The van der Waals surface area contributed by atoms with Gasteiger partial charge in [0.2, 0.25) is 0 Å². The maximum absolute atomic E-state index is 4.19. The molecule has 2 heterocycles. The fraction of sp³-hybridized carbons (Fsp3) is 0.429. The summed E-state index contributed by atoms with van der Waals surface area (Å²) < 4.78 is 0. The largest absolute Gasteiger partial charge is 0.255 e. The van der Waals surface area contributed by atoms with E-state index >= 15 is 0 Å². The first-order valence-electron chi connectivity index (χ1n) is 3.73. The molecular formula is C7H8N4S2. The van der Waals surface area contributed by atoms with Crippen molar-refractivity contribution in [3.8, 4) is 0 Å². The summed E-state index contributed by atoms with van der Waals surface area (Å²) in [5.41, 5.74) is 0. The molecule has 1 atom stereocenters. The third-order valence-corrected chi connectivity index (χ3v) is 3.62. The van der Waals surface area contributed by atoms with Gasteiger partial charge in [-0.05, 0) is 6.26 Å². The molecule has 4 nitrogen and oxygen atoms in total. The first kappa shape index (κ1) is 8.96. The van der Waals surface area contributed by atoms with E-state index in [4.69, 9.17) is 0 Å². The molecule has 0 saturated carbocycles. The molecule has 0 fully saturated rings. The van der Waals surface area contributed by atoms with E-state index in [0.29, 0.717) is 0 Å². The highest BCUT2D eigenvalue weighted by atomic mass is 32.2. The molecule has 1 unspecified atom stereocenters. The molecule has 0 radical (unpaired) electrons. The van der Waals surface area contributed by atoms with Crippen LogP contribution < -0.4 is 0 Å². The summed E-state index contributed by atoms with van der Waals surface area (Å²) in [7, 11) is 0. The lowest BCUT2D eigenvalue weighted by Crippen LogP contribution is -2.25. The van der Waals surface area contributed by atoms with Crippen LogP contribution in [0.5, 0.6) is 0 Å². The van der Waals surface area contributed by atoms with E-state index in [2.05, 4.69) is 26.2 Å². The molecule has 0 spiro atoms. The number of nitrogens with zero attached hydrogens (tertiary/aromatic N) is 4. The van der Waals surface area contributed by atoms with Crippen molar-refractivity contribution in [1.82, 2.24) is 0 Å². The number of hydrogen-bond donors (Lipinski definition) is 0. The molecule has 0 N–H and O–H groups in total. The summed E-state index contributed by atoms with van der Waals surface area (Å²) >= 11 is 3.48. The molecule has 0 amide bonds. The molecule has 0 bridgehead atoms. The van der Waals surface area contributed by atoms with Crippen LogP contribution in [0, 0.1) is 0 Å². The lowest BCUT2D eigenvalue weighted by Gasteiger charge is -2.12. The van der Waals surface area contributed by atoms with Gasteiger partial charge in [0.1, 0.15) is 17.7 Å². The van der Waals surface area contributed by atoms with Crippen LogP contribution in [0.3, 0.4) is 0 Å². The van der Waals surface area contributed by atoms with E-state index in [1.165, 1.54) is 0 Å². The van der Waals surface area contributed by atoms with Crippen LogP contribution in [-0.2, 0) is 0 Å². The van der Waals surface area contributed by atoms with Crippen molar-refractivity contribution in [2.75, 3.05) is 11.3 Å². The average Bonchev–Trinajstić information content (AvgIpc) is 2.62. The SMILES string of the molecule is CSCSC1=NC=NC2=NC=NC21. The molecule has 13 heavy (non-hydrogen) atoms. The zero-order valence-electron chi connectivity index (χ0n) is 7.04. The lowest BCUT2D eigenvalue weighted by atomic mass is 10.3. The fourth-order valence-corrected chi connectivity index (χ4v) is 2.43. The zero-order chi connectivity index (χ0) is 9.10. The van der Waals surface area contributed by atoms with E-state index in [1.807, 2.05) is 0 Å². The predicted molar refractivity (Wildman–Crippen MR) is 61.6 cm³/mol. The molecule has 0 saturated heterocycles. The highest BCUT2D eigenvalue weighted by Gasteiger charge is 2.25. The van der Waals surface area contributed by atoms with Gasteiger partial charge in [-0.1, -0.05) is 11.8 Å². The van der Waals surface area contributed by atoms with Gasteiger partial charge in [0.05, 0.1) is 0 Å². The monoisotopic (exact) mass is 212 g/mol. The van der Waals surface area contributed by atoms with Crippen LogP contribution in [0.25, 0.3) is 0 Å². The summed E-state index contributed by atoms with van der Waals surface area (Å²) in [6, 6.07) is -0.0258. The molecule has 0 aromatic heterocycles. The summed E-state index contributed by atoms with van der Waals surface area (Å²) in [5, 5.41) is 1.99. The molecule has 0 aliphatic carbocycles. The Morgan fingerprint density at radius 3 is 3.15 bits per heavy atom. The van der Waals surface area contributed by atoms with Gasteiger partial charge in [-0.15, -0.1) is 0 Å². The number of thioether (sulfide) groups is 2. The van der Waals surface area contributed by atoms with Gasteiger partial charge in [0, 0.05) is 5.08 Å². The average molecular weight is 212 g/mol. The van der Waals surface area contributed by atoms with Crippen LogP contribution in [0.15, 0.2) is 20.0 Å². The van der Waals surface area contributed by atoms with Crippen LogP contribution in [-0.4, -0.2) is 40.9 Å². The van der Waals surface area contributed by atoms with Crippen molar-refractivity contribution in [1.29, 1.82) is 0 Å². The van der Waals surface area contributed by atoms with Gasteiger partial charge < -0.3 is 0 Å². The van der Waals surface area contributed by atoms with Crippen molar-refractivity contribution in [2.45, 2.75) is 6.04 Å². The lowest BCUT2D eigenvalue weighted by molar-refractivity contribution is 1.16. The number of amidine groups is 1. The van der Waals surface area contributed by atoms with Crippen LogP contribution in [0.2, 0.25) is 0 Å². The Morgan fingerprint density at radius 2 is 2.31 bits per heavy atom. The van der Waals surface area contributed by atoms with Gasteiger partial charge in [-0.2, -0.15) is 11.8 Å². The van der Waals surface area contributed by atoms with Crippen molar-refractivity contribution in [3.05, 3.63) is 0 Å². The number of fused-ring (bicyclic) bond motifs is 1. The Labute approximate surface area is 84.7 Å². The number of hydrogen-bond acceptors (Lipinski definition) is 6. The second kappa shape index (κ2) is 4.06. The summed E-state index contributed by atoms with van der Waals surface area (Å²) in [5.74, 6) is 0.763. The standard InChI is InChI=1S/C7H8N4S2/c1-12-4-13-7-5-6(9-2-8-5)10-3-11-7/h2-3,5H,4H2,1H3. The summed E-state index contributed by atoms with van der Waals surface area (Å²) in [4.78, 5) is 16.5. The van der Waals surface area contributed by atoms with Gasteiger partial charge >= 0.3 is 0 Å². The number of aliphatic imine (C=N–C) groups is 4. The molecule has 68 valence electrons. The van der Waals surface area contributed by atoms with Crippen LogP contribution in [0.4, 0.5) is 0 Å². The van der Waals surface area contributed by atoms with Crippen molar-refractivity contribution < 1.29 is 0 Å². The molecular weight excluding hydrogens is 204 g/mol. The Morgan fingerprint density at radius 1 is 1.38 bits per heavy atom. The third-order valence-electron chi connectivity index (χ3n) is 1.58. The minimum Gasteiger partial charge on any atom is -0.255 e. The Balaban J connectivity index is 2.10. The quantitative estimate of drug-likeness (QED) is 0.648. The zero-order valence-corrected chi connectivity index (χ0v) is 8.68. The summed E-state index contributed by atoms with van der Waals surface area (Å²) in [6.45, 7) is 0. The van der Waals surface area contributed by atoms with Gasteiger partial charge in [0.15, 0.2) is 11.9 Å². The van der Waals surface area contributed by atoms with Crippen LogP contribution >= 0.6 is 23.5 Å². The maximum atomic E-state index is 4.19. The topological polar surface area (TPSA) is 49.4 Å². The molecule has 0 aromatic carbocycles. The third kappa shape index (κ3) is 1.83. The van der Waals surface area contributed by atoms with Crippen molar-refractivity contribution in [2.24, 2.45) is 20.0 Å². The molecule has 6 heteroatoms. The number of rotatable bonds is 2. The van der Waals surface area contributed by atoms with E-state index in [0.717, 1.165) is 16.0 Å². The minimum absolute atomic E-state index is 0.0258. The Bertz CT molecular complexity index is 318.